The summed E-state index contributed by atoms with van der Waals surface area (Å²) in [6, 6.07) is 0. The van der Waals surface area contributed by atoms with Gasteiger partial charge in [0.05, 0.1) is 12.8 Å². The minimum Gasteiger partial charge on any atom is -0.473 e. The van der Waals surface area contributed by atoms with E-state index >= 15 is 0 Å². The molecule has 0 amide bonds. The average Bonchev–Trinajstić information content (AvgIpc) is 3.45. The number of esters is 3. The van der Waals surface area contributed by atoms with Gasteiger partial charge in [-0.15, -0.1) is 35.5 Å². The van der Waals surface area contributed by atoms with Crippen LogP contribution in [0.4, 0.5) is 4.79 Å². The second kappa shape index (κ2) is 290. The Morgan fingerprint density at radius 3 is 0.647 bits per heavy atom. The van der Waals surface area contributed by atoms with Crippen molar-refractivity contribution in [3.63, 3.8) is 0 Å². The number of cyclic esters (lactones) is 2. The van der Waals surface area contributed by atoms with E-state index in [9.17, 15) is 43.2 Å². The minimum atomic E-state index is -1.93. The fourth-order valence-electron chi connectivity index (χ4n) is 0.672. The highest BCUT2D eigenvalue weighted by Gasteiger charge is 2.19. The van der Waals surface area contributed by atoms with Gasteiger partial charge in [0.1, 0.15) is 0 Å². The molecule has 1 saturated heterocycles. The Morgan fingerprint density at radius 2 is 0.603 bits per heavy atom. The van der Waals surface area contributed by atoms with Gasteiger partial charge in [0, 0.05) is 38.3 Å². The quantitative estimate of drug-likeness (QED) is 0.0895. The van der Waals surface area contributed by atoms with E-state index in [-0.39, 0.29) is 184 Å². The molecule has 35 nitrogen and oxygen atoms in total. The maximum Gasteiger partial charge on any atom is 0.514 e. The second-order valence-electron chi connectivity index (χ2n) is 4.85. The van der Waals surface area contributed by atoms with Crippen molar-refractivity contribution in [3.05, 3.63) is 29.8 Å². The van der Waals surface area contributed by atoms with Crippen molar-refractivity contribution < 1.29 is 158 Å². The van der Waals surface area contributed by atoms with Crippen LogP contribution in [0.5, 0.6) is 0 Å². The fraction of sp³-hybridized carbons (Fsp3) is 0.515. The van der Waals surface area contributed by atoms with E-state index in [1.165, 1.54) is 0 Å². The molecule has 0 radical (unpaired) electrons. The van der Waals surface area contributed by atoms with Gasteiger partial charge in [0.15, 0.2) is 12.6 Å². The van der Waals surface area contributed by atoms with E-state index in [0.717, 1.165) is 0 Å². The zero-order chi connectivity index (χ0) is 38.2. The van der Waals surface area contributed by atoms with Crippen molar-refractivity contribution in [1.29, 1.82) is 0 Å². The van der Waals surface area contributed by atoms with Gasteiger partial charge in [0.2, 0.25) is 0 Å². The normalized spacial score (nSPS) is 4.91. The Labute approximate surface area is 405 Å². The summed E-state index contributed by atoms with van der Waals surface area (Å²) in [5, 5.41) is 15.3. The number of hydrogen-bond donors (Lipinski definition) is 2. The molecule has 0 unspecified atom stereocenters. The number of hydrogen-bond acceptors (Lipinski definition) is 19. The summed E-state index contributed by atoms with van der Waals surface area (Å²) in [6.45, 7) is 10.9. The Hall–Kier alpha value is -7.47. The molecule has 35 heteroatoms. The number of carbonyl (C=O) groups is 9. The minimum absolute atomic E-state index is 0. The molecule has 68 heavy (non-hydrogen) atoms. The molecular formula is C33H102O35. The van der Waals surface area contributed by atoms with E-state index in [2.05, 4.69) is 45.0 Å². The predicted octanol–water partition coefficient (Wildman–Crippen LogP) is -3.97. The lowest BCUT2D eigenvalue weighted by atomic mass is 10.3. The molecule has 1 heterocycles. The van der Waals surface area contributed by atoms with Crippen LogP contribution in [-0.2, 0) is 57.4 Å². The lowest BCUT2D eigenvalue weighted by Gasteiger charge is -1.88. The van der Waals surface area contributed by atoms with Crippen LogP contribution in [0.25, 0.3) is 0 Å². The summed E-state index contributed by atoms with van der Waals surface area (Å²) in [5.74, 6) is 8.94. The molecule has 1 aliphatic rings. The molecule has 0 aliphatic carbocycles. The van der Waals surface area contributed by atoms with E-state index < -0.39 is 41.6 Å². The number of aldehydes is 2. The molecule has 30 N–H and O–H groups in total. The number of ketones is 2. The van der Waals surface area contributed by atoms with Crippen molar-refractivity contribution in [2.75, 3.05) is 0 Å². The van der Waals surface area contributed by atoms with Gasteiger partial charge in [-0.2, -0.15) is 9.59 Å². The van der Waals surface area contributed by atoms with Gasteiger partial charge in [-0.1, -0.05) is 66.8 Å². The van der Waals surface area contributed by atoms with Gasteiger partial charge in [-0.25, -0.2) is 14.4 Å². The Bertz CT molecular complexity index is 1050. The summed E-state index contributed by atoms with van der Waals surface area (Å²) in [6.07, 6.45) is -1.55. The van der Waals surface area contributed by atoms with Gasteiger partial charge >= 0.3 is 36.2 Å². The summed E-state index contributed by atoms with van der Waals surface area (Å²) in [5.41, 5.74) is 0. The Kier molecular flexibility index (Phi) is 1120. The zero-order valence-electron chi connectivity index (χ0n) is 31.2. The lowest BCUT2D eigenvalue weighted by Crippen LogP contribution is -2.19. The highest BCUT2D eigenvalue weighted by atomic mass is 16.7. The molecule has 0 aromatic carbocycles. The van der Waals surface area contributed by atoms with E-state index in [1.807, 2.05) is 41.5 Å². The molecule has 0 aromatic heterocycles. The highest BCUT2D eigenvalue weighted by molar-refractivity contribution is 6.70. The first-order chi connectivity index (χ1) is 21.2. The third-order valence-electron chi connectivity index (χ3n) is 2.32. The fourth-order valence-corrected chi connectivity index (χ4v) is 0.672. The highest BCUT2D eigenvalue weighted by Crippen LogP contribution is 2.03. The monoisotopic (exact) mass is 1060 g/mol. The molecule has 1 rings (SSSR count). The van der Waals surface area contributed by atoms with Gasteiger partial charge < -0.3 is 96.4 Å². The number of carboxylic acid groups (broad SMARTS) is 2. The molecule has 444 valence electrons. The molecule has 0 saturated carbocycles. The Morgan fingerprint density at radius 1 is 0.456 bits per heavy atom. The summed E-state index contributed by atoms with van der Waals surface area (Å²) < 4.78 is 7.27. The largest absolute Gasteiger partial charge is 0.514 e. The van der Waals surface area contributed by atoms with Crippen LogP contribution in [-0.4, -0.2) is 147 Å². The van der Waals surface area contributed by atoms with Gasteiger partial charge in [-0.3, -0.25) is 28.8 Å². The zero-order valence-corrected chi connectivity index (χ0v) is 31.2. The number of aliphatic carboxylic acids is 1. The summed E-state index contributed by atoms with van der Waals surface area (Å²) in [7, 11) is 0. The van der Waals surface area contributed by atoms with E-state index in [4.69, 9.17) is 49.6 Å². The number of rotatable bonds is 3. The first-order valence-electron chi connectivity index (χ1n) is 10.1. The van der Waals surface area contributed by atoms with Crippen LogP contribution >= 0.6 is 0 Å². The van der Waals surface area contributed by atoms with Crippen molar-refractivity contribution in [1.82, 2.24) is 0 Å². The summed E-state index contributed by atoms with van der Waals surface area (Å²) >= 11 is 0. The molecule has 1 aliphatic heterocycles. The second-order valence-corrected chi connectivity index (χ2v) is 4.85. The van der Waals surface area contributed by atoms with Crippen LogP contribution in [0.2, 0.25) is 0 Å². The molecule has 0 bridgehead atoms. The van der Waals surface area contributed by atoms with E-state index in [1.54, 1.807) is 0 Å². The van der Waals surface area contributed by atoms with E-state index in [0.29, 0.717) is 0 Å². The first-order valence-corrected chi connectivity index (χ1v) is 10.1. The van der Waals surface area contributed by atoms with Crippen molar-refractivity contribution in [3.8, 4) is 35.5 Å². The molecular weight excluding hydrogens is 956 g/mol. The first kappa shape index (κ1) is 264. The maximum absolute atomic E-state index is 10.0. The van der Waals surface area contributed by atoms with Crippen LogP contribution in [0.1, 0.15) is 130 Å². The molecule has 0 atom stereocenters. The predicted molar refractivity (Wildman–Crippen MR) is 271 cm³/mol. The summed E-state index contributed by atoms with van der Waals surface area (Å²) in [4.78, 5) is 145. The van der Waals surface area contributed by atoms with Gasteiger partial charge in [-0.05, 0) is 41.5 Å². The Balaban J connectivity index is -0.00000000532. The number of carbonyl (C=O) groups excluding carboxylic acids is 9. The molecule has 0 spiro atoms. The molecule has 0 aromatic rings. The smallest absolute Gasteiger partial charge is 0.473 e. The third-order valence-corrected chi connectivity index (χ3v) is 2.32. The van der Waals surface area contributed by atoms with Crippen LogP contribution in [0.3, 0.4) is 0 Å². The third kappa shape index (κ3) is 460. The SMILES string of the molecule is C.C.C.C.C.C.C.C.C.CC#CC.CC#CC.CC#CC.O.O.O.O.O.O.O.O.O.O.O.O.O.O.O=C(O)OC(=O)C(=O)O.O=C1CCC(=O)O1.O=C=O.O=CC(=O)C(=O)C=O.O=O.O=O.O=O.[HH].[HH].[HH].[HH].[HH].[HH]. The lowest BCUT2D eigenvalue weighted by molar-refractivity contribution is -0.192. The molecule has 1 fully saturated rings. The maximum atomic E-state index is 10.0. The number of carboxylic acids is 1. The van der Waals surface area contributed by atoms with Crippen LogP contribution in [0.15, 0.2) is 0 Å². The number of Topliss-reactive ketones (excluding diaryl/α,β-unsaturated/α-hetero) is 2. The van der Waals surface area contributed by atoms with Crippen molar-refractivity contribution >= 4 is 60.3 Å². The van der Waals surface area contributed by atoms with Crippen molar-refractivity contribution in [2.24, 2.45) is 0 Å². The standard InChI is InChI=1S/C4H2O4.C4H4O3.3C4H6.C3H2O6.CO2.9CH4.3O2.14H2O.6H2/c5-1-3(7)4(8)2-6;5-3-1-2-4(6)7-3;3*1-3-4-2;4-1(5)2(6)9-3(7)8;2-1-3;;;;;;;;;;3*1-2;;;;;;;;;;;;;;;;;;;;/h1-2H;1-2H2;3*1-2H3;(H,4,5)(H,7,8);;9*1H4;;;;14*1H2;6*1H. The van der Waals surface area contributed by atoms with Crippen LogP contribution in [0, 0.1) is 65.3 Å². The number of ether oxygens (including phenoxy) is 2. The van der Waals surface area contributed by atoms with Gasteiger partial charge in [0.25, 0.3) is 11.6 Å². The van der Waals surface area contributed by atoms with Crippen molar-refractivity contribution in [2.45, 2.75) is 121 Å². The van der Waals surface area contributed by atoms with Crippen LogP contribution < -0.4 is 0 Å². The topological polar surface area (TPSA) is 790 Å². The average molecular weight is 1060 g/mol.